The summed E-state index contributed by atoms with van der Waals surface area (Å²) < 4.78 is 1.61. The van der Waals surface area contributed by atoms with Crippen molar-refractivity contribution in [3.05, 3.63) is 19.2 Å². The number of carbonyl (C=O) groups is 2. The van der Waals surface area contributed by atoms with Crippen molar-refractivity contribution in [3.63, 3.8) is 0 Å². The summed E-state index contributed by atoms with van der Waals surface area (Å²) in [5.74, 6) is -1.30. The molecule has 1 amide bonds. The molecule has 1 aliphatic carbocycles. The molecule has 16 heavy (non-hydrogen) atoms. The van der Waals surface area contributed by atoms with Crippen molar-refractivity contribution >= 4 is 55.1 Å². The fraction of sp³-hybridized carbons (Fsp3) is 0.333. The van der Waals surface area contributed by atoms with Crippen molar-refractivity contribution in [2.45, 2.75) is 18.4 Å². The Morgan fingerprint density at radius 3 is 2.44 bits per heavy atom. The Balaban J connectivity index is 2.12. The summed E-state index contributed by atoms with van der Waals surface area (Å²) in [7, 11) is 0. The number of aliphatic carboxylic acids is 1. The van der Waals surface area contributed by atoms with E-state index < -0.39 is 11.5 Å². The van der Waals surface area contributed by atoms with Crippen LogP contribution in [-0.2, 0) is 4.79 Å². The minimum atomic E-state index is -1.03. The third-order valence-corrected chi connectivity index (χ3v) is 5.64. The topological polar surface area (TPSA) is 66.4 Å². The number of carbonyl (C=O) groups excluding carboxylic acids is 1. The fourth-order valence-electron chi connectivity index (χ4n) is 1.25. The zero-order valence-corrected chi connectivity index (χ0v) is 11.9. The normalized spacial score (nSPS) is 16.9. The van der Waals surface area contributed by atoms with Gasteiger partial charge in [-0.1, -0.05) is 0 Å². The Bertz CT molecular complexity index is 448. The molecule has 0 atom stereocenters. The highest BCUT2D eigenvalue weighted by molar-refractivity contribution is 9.13. The molecule has 0 radical (unpaired) electrons. The molecule has 1 aliphatic rings. The molecule has 2 rings (SSSR count). The Kier molecular flexibility index (Phi) is 3.11. The molecule has 0 saturated heterocycles. The molecule has 86 valence electrons. The highest BCUT2D eigenvalue weighted by Crippen LogP contribution is 2.37. The average Bonchev–Trinajstić information content (AvgIpc) is 2.90. The number of nitrogens with one attached hydrogen (secondary N) is 1. The van der Waals surface area contributed by atoms with Gasteiger partial charge in [-0.2, -0.15) is 0 Å². The van der Waals surface area contributed by atoms with Crippen molar-refractivity contribution < 1.29 is 14.7 Å². The van der Waals surface area contributed by atoms with E-state index in [0.717, 1.165) is 8.26 Å². The second kappa shape index (κ2) is 4.12. The summed E-state index contributed by atoms with van der Waals surface area (Å²) in [4.78, 5) is 23.1. The number of thiophene rings is 1. The van der Waals surface area contributed by atoms with Gasteiger partial charge in [0, 0.05) is 4.47 Å². The highest BCUT2D eigenvalue weighted by Gasteiger charge is 2.51. The fourth-order valence-corrected chi connectivity index (χ4v) is 3.19. The first-order valence-electron chi connectivity index (χ1n) is 4.45. The monoisotopic (exact) mass is 367 g/mol. The third kappa shape index (κ3) is 2.16. The first-order valence-corrected chi connectivity index (χ1v) is 6.86. The van der Waals surface area contributed by atoms with Gasteiger partial charge in [0.2, 0.25) is 0 Å². The molecule has 1 saturated carbocycles. The van der Waals surface area contributed by atoms with Gasteiger partial charge in [0.25, 0.3) is 5.91 Å². The SMILES string of the molecule is O=C(NC1(C(=O)O)CC1)c1cc(Br)c(Br)s1. The van der Waals surface area contributed by atoms with E-state index in [4.69, 9.17) is 5.11 Å². The zero-order valence-electron chi connectivity index (χ0n) is 7.92. The van der Waals surface area contributed by atoms with Crippen LogP contribution in [0.15, 0.2) is 14.3 Å². The Hall–Kier alpha value is -0.400. The maximum Gasteiger partial charge on any atom is 0.329 e. The van der Waals surface area contributed by atoms with E-state index in [1.807, 2.05) is 0 Å². The summed E-state index contributed by atoms with van der Waals surface area (Å²) in [6.45, 7) is 0. The van der Waals surface area contributed by atoms with Crippen LogP contribution in [0, 0.1) is 0 Å². The zero-order chi connectivity index (χ0) is 11.9. The number of amides is 1. The van der Waals surface area contributed by atoms with E-state index in [1.54, 1.807) is 6.07 Å². The Morgan fingerprint density at radius 2 is 2.06 bits per heavy atom. The molecule has 2 N–H and O–H groups in total. The van der Waals surface area contributed by atoms with Gasteiger partial charge in [0.05, 0.1) is 8.66 Å². The number of hydrogen-bond acceptors (Lipinski definition) is 3. The first kappa shape index (κ1) is 12.1. The van der Waals surface area contributed by atoms with Crippen LogP contribution in [0.25, 0.3) is 0 Å². The van der Waals surface area contributed by atoms with Crippen LogP contribution in [-0.4, -0.2) is 22.5 Å². The van der Waals surface area contributed by atoms with Crippen LogP contribution in [0.1, 0.15) is 22.5 Å². The smallest absolute Gasteiger partial charge is 0.329 e. The number of carboxylic acids is 1. The second-order valence-electron chi connectivity index (χ2n) is 3.57. The van der Waals surface area contributed by atoms with Crippen LogP contribution < -0.4 is 5.32 Å². The molecule has 1 aromatic heterocycles. The van der Waals surface area contributed by atoms with Crippen molar-refractivity contribution in [1.82, 2.24) is 5.32 Å². The van der Waals surface area contributed by atoms with Crippen LogP contribution >= 0.6 is 43.2 Å². The van der Waals surface area contributed by atoms with Gasteiger partial charge in [-0.25, -0.2) is 4.79 Å². The summed E-state index contributed by atoms with van der Waals surface area (Å²) in [5.41, 5.74) is -1.03. The van der Waals surface area contributed by atoms with Gasteiger partial charge in [-0.15, -0.1) is 11.3 Å². The third-order valence-electron chi connectivity index (χ3n) is 2.38. The van der Waals surface area contributed by atoms with Gasteiger partial charge in [0.1, 0.15) is 5.54 Å². The summed E-state index contributed by atoms with van der Waals surface area (Å²) in [6, 6.07) is 1.67. The first-order chi connectivity index (χ1) is 7.44. The Labute approximate surface area is 112 Å². The van der Waals surface area contributed by atoms with Gasteiger partial charge in [-0.05, 0) is 50.8 Å². The standard InChI is InChI=1S/C9H7Br2NO3S/c10-4-3-5(16-6(4)11)7(13)12-9(1-2-9)8(14)15/h3H,1-2H2,(H,12,13)(H,14,15). The predicted molar refractivity (Wildman–Crippen MR) is 66.8 cm³/mol. The van der Waals surface area contributed by atoms with Crippen molar-refractivity contribution in [2.75, 3.05) is 0 Å². The molecule has 1 aromatic rings. The molecule has 7 heteroatoms. The molecule has 0 aliphatic heterocycles. The van der Waals surface area contributed by atoms with E-state index in [1.165, 1.54) is 11.3 Å². The van der Waals surface area contributed by atoms with Crippen molar-refractivity contribution in [1.29, 1.82) is 0 Å². The van der Waals surface area contributed by atoms with E-state index in [0.29, 0.717) is 17.7 Å². The van der Waals surface area contributed by atoms with Crippen LogP contribution in [0.3, 0.4) is 0 Å². The molecule has 0 unspecified atom stereocenters. The molecule has 1 fully saturated rings. The van der Waals surface area contributed by atoms with Gasteiger partial charge in [-0.3, -0.25) is 4.79 Å². The summed E-state index contributed by atoms with van der Waals surface area (Å²) >= 11 is 7.83. The quantitative estimate of drug-likeness (QED) is 0.861. The molecule has 1 heterocycles. The average molecular weight is 369 g/mol. The van der Waals surface area contributed by atoms with E-state index in [-0.39, 0.29) is 5.91 Å². The lowest BCUT2D eigenvalue weighted by atomic mass is 10.2. The lowest BCUT2D eigenvalue weighted by molar-refractivity contribution is -0.140. The maximum atomic E-state index is 11.8. The van der Waals surface area contributed by atoms with Crippen LogP contribution in [0.5, 0.6) is 0 Å². The summed E-state index contributed by atoms with van der Waals surface area (Å²) in [6.07, 6.45) is 1.00. The molecule has 4 nitrogen and oxygen atoms in total. The van der Waals surface area contributed by atoms with Gasteiger partial charge < -0.3 is 10.4 Å². The van der Waals surface area contributed by atoms with Crippen LogP contribution in [0.2, 0.25) is 0 Å². The largest absolute Gasteiger partial charge is 0.480 e. The molecular formula is C9H7Br2NO3S. The van der Waals surface area contributed by atoms with E-state index in [2.05, 4.69) is 37.2 Å². The van der Waals surface area contributed by atoms with E-state index in [9.17, 15) is 9.59 Å². The minimum absolute atomic E-state index is 0.337. The maximum absolute atomic E-state index is 11.8. The number of carboxylic acid groups (broad SMARTS) is 1. The lowest BCUT2D eigenvalue weighted by Gasteiger charge is -2.10. The van der Waals surface area contributed by atoms with E-state index >= 15 is 0 Å². The van der Waals surface area contributed by atoms with Crippen molar-refractivity contribution in [3.8, 4) is 0 Å². The highest BCUT2D eigenvalue weighted by atomic mass is 79.9. The molecule has 0 aromatic carbocycles. The Morgan fingerprint density at radius 1 is 1.44 bits per heavy atom. The lowest BCUT2D eigenvalue weighted by Crippen LogP contribution is -2.42. The molecular weight excluding hydrogens is 362 g/mol. The minimum Gasteiger partial charge on any atom is -0.480 e. The second-order valence-corrected chi connectivity index (χ2v) is 6.80. The summed E-state index contributed by atoms with van der Waals surface area (Å²) in [5, 5.41) is 11.5. The van der Waals surface area contributed by atoms with Crippen LogP contribution in [0.4, 0.5) is 0 Å². The number of hydrogen-bond donors (Lipinski definition) is 2. The molecule has 0 spiro atoms. The number of rotatable bonds is 3. The molecule has 0 bridgehead atoms. The van der Waals surface area contributed by atoms with Crippen molar-refractivity contribution in [2.24, 2.45) is 0 Å². The predicted octanol–water partition coefficient (Wildman–Crippen LogP) is 2.62. The number of halogens is 2. The van der Waals surface area contributed by atoms with Gasteiger partial charge in [0.15, 0.2) is 0 Å². The van der Waals surface area contributed by atoms with Gasteiger partial charge >= 0.3 is 5.97 Å².